The fraction of sp³-hybridized carbons (Fsp3) is 0.130. The van der Waals surface area contributed by atoms with Crippen molar-refractivity contribution in [2.75, 3.05) is 7.11 Å². The third-order valence-electron chi connectivity index (χ3n) is 5.03. The molecule has 0 bridgehead atoms. The van der Waals surface area contributed by atoms with E-state index in [1.54, 1.807) is 40.2 Å². The van der Waals surface area contributed by atoms with Crippen molar-refractivity contribution in [1.82, 2.24) is 44.7 Å². The quantitative estimate of drug-likeness (QED) is 0.281. The van der Waals surface area contributed by atoms with E-state index in [4.69, 9.17) is 4.98 Å². The molecule has 0 unspecified atom stereocenters. The number of ether oxygens (including phenoxy) is 1. The average Bonchev–Trinajstić information content (AvgIpc) is 3.49. The fourth-order valence-electron chi connectivity index (χ4n) is 3.34. The van der Waals surface area contributed by atoms with Gasteiger partial charge in [0, 0.05) is 48.4 Å². The number of carbonyl (C=O) groups excluding carboxylic acids is 1. The first-order valence-corrected chi connectivity index (χ1v) is 10.3. The molecular formula is C23H19N9O2. The van der Waals surface area contributed by atoms with Crippen molar-refractivity contribution in [3.63, 3.8) is 0 Å². The summed E-state index contributed by atoms with van der Waals surface area (Å²) in [5, 5.41) is 12.6. The number of aromatic nitrogens is 9. The molecule has 0 saturated heterocycles. The molecule has 0 spiro atoms. The molecule has 0 aliphatic heterocycles. The van der Waals surface area contributed by atoms with Gasteiger partial charge in [-0.05, 0) is 17.7 Å². The lowest BCUT2D eigenvalue weighted by atomic mass is 10.1. The van der Waals surface area contributed by atoms with Gasteiger partial charge in [-0.25, -0.2) is 29.4 Å². The van der Waals surface area contributed by atoms with Crippen molar-refractivity contribution in [1.29, 1.82) is 0 Å². The molecule has 34 heavy (non-hydrogen) atoms. The first-order chi connectivity index (χ1) is 16.6. The highest BCUT2D eigenvalue weighted by Crippen LogP contribution is 2.20. The van der Waals surface area contributed by atoms with Gasteiger partial charge in [0.25, 0.3) is 0 Å². The van der Waals surface area contributed by atoms with Crippen molar-refractivity contribution in [2.45, 2.75) is 6.54 Å². The highest BCUT2D eigenvalue weighted by Gasteiger charge is 2.12. The third-order valence-corrected chi connectivity index (χ3v) is 5.03. The zero-order chi connectivity index (χ0) is 23.5. The molecule has 4 heterocycles. The highest BCUT2D eigenvalue weighted by molar-refractivity contribution is 5.86. The molecule has 0 amide bonds. The predicted molar refractivity (Wildman–Crippen MR) is 123 cm³/mol. The summed E-state index contributed by atoms with van der Waals surface area (Å²) < 4.78 is 8.01. The smallest absolute Gasteiger partial charge is 0.330 e. The van der Waals surface area contributed by atoms with Crippen molar-refractivity contribution in [3.05, 3.63) is 72.5 Å². The number of aryl methyl sites for hydroxylation is 1. The topological polar surface area (TPSA) is 126 Å². The Bertz CT molecular complexity index is 1500. The molecule has 11 heteroatoms. The van der Waals surface area contributed by atoms with Crippen LogP contribution in [-0.4, -0.2) is 57.8 Å². The van der Waals surface area contributed by atoms with Gasteiger partial charge >= 0.3 is 5.97 Å². The monoisotopic (exact) mass is 453 g/mol. The molecule has 0 fully saturated rings. The summed E-state index contributed by atoms with van der Waals surface area (Å²) in [4.78, 5) is 29.1. The Morgan fingerprint density at radius 1 is 1.09 bits per heavy atom. The Kier molecular flexibility index (Phi) is 5.56. The normalized spacial score (nSPS) is 11.4. The lowest BCUT2D eigenvalue weighted by Crippen LogP contribution is -2.04. The summed E-state index contributed by atoms with van der Waals surface area (Å²) in [6.45, 7) is 0.454. The molecule has 168 valence electrons. The molecule has 0 N–H and O–H groups in total. The Hall–Kier alpha value is -4.80. The van der Waals surface area contributed by atoms with E-state index in [0.29, 0.717) is 34.9 Å². The van der Waals surface area contributed by atoms with Crippen LogP contribution in [0, 0.1) is 0 Å². The fourth-order valence-corrected chi connectivity index (χ4v) is 3.34. The van der Waals surface area contributed by atoms with Crippen LogP contribution in [0.25, 0.3) is 40.0 Å². The van der Waals surface area contributed by atoms with Crippen LogP contribution in [0.5, 0.6) is 0 Å². The Labute approximate surface area is 193 Å². The molecule has 0 atom stereocenters. The first-order valence-electron chi connectivity index (χ1n) is 10.3. The molecule has 5 rings (SSSR count). The Morgan fingerprint density at radius 3 is 2.71 bits per heavy atom. The summed E-state index contributed by atoms with van der Waals surface area (Å²) in [6, 6.07) is 7.85. The maximum absolute atomic E-state index is 11.2. The maximum atomic E-state index is 11.2. The molecule has 1 aromatic carbocycles. The summed E-state index contributed by atoms with van der Waals surface area (Å²) in [5.74, 6) is 0.133. The minimum atomic E-state index is -0.436. The van der Waals surface area contributed by atoms with Gasteiger partial charge in [0.15, 0.2) is 11.5 Å². The average molecular weight is 453 g/mol. The number of benzene rings is 1. The van der Waals surface area contributed by atoms with Crippen LogP contribution in [-0.2, 0) is 23.1 Å². The molecule has 0 saturated carbocycles. The zero-order valence-corrected chi connectivity index (χ0v) is 18.4. The van der Waals surface area contributed by atoms with E-state index in [2.05, 4.69) is 35.1 Å². The van der Waals surface area contributed by atoms with E-state index in [1.807, 2.05) is 37.5 Å². The highest BCUT2D eigenvalue weighted by atomic mass is 16.5. The standard InChI is InChI=1S/C23H19N9O2/c1-31-14-18(11-27-31)19-12-26-22-23(28-19)32(30-29-22)13-15-4-3-5-17(8-15)21-24-9-16(10-25-21)6-7-20(33)34-2/h3-12,14H,13H2,1-2H3/b7-6+. The number of methoxy groups -OCH3 is 1. The zero-order valence-electron chi connectivity index (χ0n) is 18.4. The van der Waals surface area contributed by atoms with Crippen LogP contribution in [0.2, 0.25) is 0 Å². The summed E-state index contributed by atoms with van der Waals surface area (Å²) in [7, 11) is 3.18. The SMILES string of the molecule is COC(=O)/C=C/c1cnc(-c2cccc(Cn3nnc4ncc(-c5cnn(C)c5)nc43)c2)nc1. The van der Waals surface area contributed by atoms with E-state index in [-0.39, 0.29) is 0 Å². The first kappa shape index (κ1) is 21.1. The molecule has 0 aliphatic carbocycles. The van der Waals surface area contributed by atoms with E-state index in [9.17, 15) is 4.79 Å². The van der Waals surface area contributed by atoms with Gasteiger partial charge in [-0.1, -0.05) is 23.4 Å². The number of hydrogen-bond acceptors (Lipinski definition) is 9. The summed E-state index contributed by atoms with van der Waals surface area (Å²) >= 11 is 0. The predicted octanol–water partition coefficient (Wildman–Crippen LogP) is 2.31. The Balaban J connectivity index is 1.39. The van der Waals surface area contributed by atoms with Crippen LogP contribution < -0.4 is 0 Å². The second-order valence-electron chi connectivity index (χ2n) is 7.45. The molecule has 4 aromatic heterocycles. The van der Waals surface area contributed by atoms with Gasteiger partial charge in [-0.3, -0.25) is 4.68 Å². The molecule has 11 nitrogen and oxygen atoms in total. The van der Waals surface area contributed by atoms with Crippen molar-refractivity contribution in [3.8, 4) is 22.6 Å². The summed E-state index contributed by atoms with van der Waals surface area (Å²) in [5.41, 5.74) is 5.17. The van der Waals surface area contributed by atoms with Crippen LogP contribution in [0.1, 0.15) is 11.1 Å². The van der Waals surface area contributed by atoms with Crippen LogP contribution in [0.15, 0.2) is 61.3 Å². The van der Waals surface area contributed by atoms with Crippen molar-refractivity contribution < 1.29 is 9.53 Å². The van der Waals surface area contributed by atoms with Crippen LogP contribution in [0.3, 0.4) is 0 Å². The lowest BCUT2D eigenvalue weighted by Gasteiger charge is -2.06. The van der Waals surface area contributed by atoms with E-state index in [1.165, 1.54) is 13.2 Å². The van der Waals surface area contributed by atoms with Gasteiger partial charge in [0.05, 0.1) is 31.7 Å². The summed E-state index contributed by atoms with van der Waals surface area (Å²) in [6.07, 6.45) is 11.5. The minimum Gasteiger partial charge on any atom is -0.466 e. The largest absolute Gasteiger partial charge is 0.466 e. The second-order valence-corrected chi connectivity index (χ2v) is 7.45. The van der Waals surface area contributed by atoms with E-state index in [0.717, 1.165) is 16.7 Å². The molecular weight excluding hydrogens is 434 g/mol. The van der Waals surface area contributed by atoms with Gasteiger partial charge < -0.3 is 4.74 Å². The number of carbonyl (C=O) groups is 1. The number of hydrogen-bond donors (Lipinski definition) is 0. The van der Waals surface area contributed by atoms with Gasteiger partial charge in [-0.2, -0.15) is 5.10 Å². The molecule has 0 aliphatic rings. The number of fused-ring (bicyclic) bond motifs is 1. The molecule has 5 aromatic rings. The van der Waals surface area contributed by atoms with Crippen molar-refractivity contribution in [2.24, 2.45) is 7.05 Å². The maximum Gasteiger partial charge on any atom is 0.330 e. The van der Waals surface area contributed by atoms with E-state index >= 15 is 0 Å². The van der Waals surface area contributed by atoms with Crippen molar-refractivity contribution >= 4 is 23.3 Å². The van der Waals surface area contributed by atoms with Crippen LogP contribution in [0.4, 0.5) is 0 Å². The molecule has 0 radical (unpaired) electrons. The van der Waals surface area contributed by atoms with Gasteiger partial charge in [-0.15, -0.1) is 5.10 Å². The number of rotatable bonds is 6. The van der Waals surface area contributed by atoms with E-state index < -0.39 is 5.97 Å². The second kappa shape index (κ2) is 8.98. The Morgan fingerprint density at radius 2 is 1.94 bits per heavy atom. The number of nitrogens with zero attached hydrogens (tertiary/aromatic N) is 9. The van der Waals surface area contributed by atoms with Gasteiger partial charge in [0.2, 0.25) is 5.65 Å². The minimum absolute atomic E-state index is 0.436. The van der Waals surface area contributed by atoms with Crippen LogP contribution >= 0.6 is 0 Å². The van der Waals surface area contributed by atoms with Gasteiger partial charge in [0.1, 0.15) is 0 Å². The number of esters is 1. The lowest BCUT2D eigenvalue weighted by molar-refractivity contribution is -0.134. The third kappa shape index (κ3) is 4.39.